The summed E-state index contributed by atoms with van der Waals surface area (Å²) < 4.78 is 0.174. The van der Waals surface area contributed by atoms with E-state index in [0.29, 0.717) is 0 Å². The van der Waals surface area contributed by atoms with Gasteiger partial charge in [0, 0.05) is 43.4 Å². The zero-order valence-corrected chi connectivity index (χ0v) is 17.7. The van der Waals surface area contributed by atoms with Crippen molar-refractivity contribution < 1.29 is 4.79 Å². The van der Waals surface area contributed by atoms with Gasteiger partial charge in [-0.3, -0.25) is 9.79 Å². The number of guanidine groups is 1. The molecule has 130 valence electrons. The minimum absolute atomic E-state index is 0. The van der Waals surface area contributed by atoms with Crippen molar-refractivity contribution in [2.45, 2.75) is 44.9 Å². The number of aliphatic imine (C=N–C) groups is 1. The van der Waals surface area contributed by atoms with Crippen LogP contribution in [0.4, 0.5) is 0 Å². The zero-order chi connectivity index (χ0) is 16.0. The van der Waals surface area contributed by atoms with Crippen LogP contribution in [0.3, 0.4) is 0 Å². The molecule has 2 N–H and O–H groups in total. The molecule has 1 amide bonds. The summed E-state index contributed by atoms with van der Waals surface area (Å²) >= 11 is 1.83. The number of hydrogen-bond acceptors (Lipinski definition) is 3. The zero-order valence-electron chi connectivity index (χ0n) is 14.6. The third-order valence-corrected chi connectivity index (χ3v) is 5.04. The first-order valence-electron chi connectivity index (χ1n) is 7.60. The predicted octanol–water partition coefficient (Wildman–Crippen LogP) is 2.17. The molecule has 0 bridgehead atoms. The quantitative estimate of drug-likeness (QED) is 0.389. The number of nitrogens with one attached hydrogen (secondary N) is 2. The molecule has 0 spiro atoms. The van der Waals surface area contributed by atoms with Gasteiger partial charge in [0.1, 0.15) is 0 Å². The van der Waals surface area contributed by atoms with Crippen LogP contribution in [-0.4, -0.2) is 60.5 Å². The lowest BCUT2D eigenvalue weighted by Gasteiger charge is -2.25. The van der Waals surface area contributed by atoms with E-state index in [2.05, 4.69) is 35.7 Å². The predicted molar refractivity (Wildman–Crippen MR) is 107 cm³/mol. The van der Waals surface area contributed by atoms with Crippen molar-refractivity contribution in [1.82, 2.24) is 15.5 Å². The van der Waals surface area contributed by atoms with E-state index in [4.69, 9.17) is 0 Å². The van der Waals surface area contributed by atoms with E-state index in [9.17, 15) is 4.79 Å². The molecule has 7 heteroatoms. The van der Waals surface area contributed by atoms with Crippen molar-refractivity contribution in [2.75, 3.05) is 32.9 Å². The second-order valence-corrected chi connectivity index (χ2v) is 7.97. The number of nitrogens with zero attached hydrogens (tertiary/aromatic N) is 2. The molecular weight excluding hydrogens is 411 g/mol. The molecule has 5 nitrogen and oxygen atoms in total. The van der Waals surface area contributed by atoms with E-state index >= 15 is 0 Å². The summed E-state index contributed by atoms with van der Waals surface area (Å²) in [7, 11) is 1.79. The largest absolute Gasteiger partial charge is 0.355 e. The topological polar surface area (TPSA) is 56.7 Å². The monoisotopic (exact) mass is 442 g/mol. The van der Waals surface area contributed by atoms with Gasteiger partial charge in [-0.25, -0.2) is 0 Å². The van der Waals surface area contributed by atoms with Crippen LogP contribution >= 0.6 is 35.7 Å². The fraction of sp³-hybridized carbons (Fsp3) is 0.867. The van der Waals surface area contributed by atoms with Crippen molar-refractivity contribution in [1.29, 1.82) is 0 Å². The summed E-state index contributed by atoms with van der Waals surface area (Å²) in [5.74, 6) is 1.13. The molecule has 0 aliphatic carbocycles. The Balaban J connectivity index is 0.00000441. The number of amides is 1. The van der Waals surface area contributed by atoms with Crippen LogP contribution in [0.25, 0.3) is 0 Å². The molecular formula is C15H31IN4OS. The first-order chi connectivity index (χ1) is 9.79. The van der Waals surface area contributed by atoms with Gasteiger partial charge in [-0.05, 0) is 26.5 Å². The Morgan fingerprint density at radius 3 is 2.59 bits per heavy atom. The fourth-order valence-corrected chi connectivity index (χ4v) is 2.42. The van der Waals surface area contributed by atoms with Gasteiger partial charge in [0.25, 0.3) is 0 Å². The summed E-state index contributed by atoms with van der Waals surface area (Å²) in [6.07, 6.45) is 3.09. The van der Waals surface area contributed by atoms with Gasteiger partial charge in [-0.15, -0.1) is 24.0 Å². The number of rotatable bonds is 5. The van der Waals surface area contributed by atoms with E-state index < -0.39 is 0 Å². The van der Waals surface area contributed by atoms with Crippen LogP contribution in [-0.2, 0) is 4.79 Å². The van der Waals surface area contributed by atoms with E-state index in [1.54, 1.807) is 7.05 Å². The second-order valence-electron chi connectivity index (χ2n) is 6.46. The molecule has 1 aliphatic heterocycles. The molecule has 0 aromatic heterocycles. The number of carbonyl (C=O) groups excluding carboxylic acids is 1. The Bertz CT molecular complexity index is 388. The molecule has 1 aliphatic rings. The normalized spacial score (nSPS) is 19.1. The minimum Gasteiger partial charge on any atom is -0.355 e. The molecule has 1 rings (SSSR count). The summed E-state index contributed by atoms with van der Waals surface area (Å²) in [5, 5.41) is 6.79. The number of thioether (sulfide) groups is 1. The summed E-state index contributed by atoms with van der Waals surface area (Å²) in [5.41, 5.74) is 0. The van der Waals surface area contributed by atoms with Gasteiger partial charge < -0.3 is 15.5 Å². The van der Waals surface area contributed by atoms with Gasteiger partial charge in [0.2, 0.25) is 5.91 Å². The van der Waals surface area contributed by atoms with Crippen LogP contribution in [0.15, 0.2) is 4.99 Å². The maximum atomic E-state index is 12.0. The van der Waals surface area contributed by atoms with Crippen LogP contribution in [0.1, 0.15) is 34.1 Å². The van der Waals surface area contributed by atoms with Crippen LogP contribution in [0, 0.1) is 5.92 Å². The van der Waals surface area contributed by atoms with Crippen molar-refractivity contribution in [3.8, 4) is 0 Å². The Kier molecular flexibility index (Phi) is 9.77. The maximum Gasteiger partial charge on any atom is 0.225 e. The van der Waals surface area contributed by atoms with Crippen molar-refractivity contribution in [3.63, 3.8) is 0 Å². The Morgan fingerprint density at radius 2 is 2.09 bits per heavy atom. The average Bonchev–Trinajstić information content (AvgIpc) is 2.90. The van der Waals surface area contributed by atoms with E-state index in [-0.39, 0.29) is 46.6 Å². The molecule has 1 fully saturated rings. The highest BCUT2D eigenvalue weighted by Crippen LogP contribution is 2.19. The SMILES string of the molecule is CN=C(NCC(C)(C)SC)NC1CCN(C(=O)C(C)C)C1.I. The van der Waals surface area contributed by atoms with Gasteiger partial charge in [0.05, 0.1) is 0 Å². The lowest BCUT2D eigenvalue weighted by Crippen LogP contribution is -2.48. The van der Waals surface area contributed by atoms with Gasteiger partial charge in [-0.1, -0.05) is 13.8 Å². The Hall–Kier alpha value is -0.180. The number of hydrogen-bond donors (Lipinski definition) is 2. The molecule has 0 saturated carbocycles. The van der Waals surface area contributed by atoms with E-state index in [1.165, 1.54) is 0 Å². The van der Waals surface area contributed by atoms with Crippen LogP contribution < -0.4 is 10.6 Å². The molecule has 1 unspecified atom stereocenters. The summed E-state index contributed by atoms with van der Waals surface area (Å²) in [6, 6.07) is 0.288. The van der Waals surface area contributed by atoms with Crippen LogP contribution in [0.5, 0.6) is 0 Å². The lowest BCUT2D eigenvalue weighted by atomic mass is 10.2. The molecule has 0 aromatic rings. The smallest absolute Gasteiger partial charge is 0.225 e. The fourth-order valence-electron chi connectivity index (χ4n) is 2.20. The second kappa shape index (κ2) is 9.85. The standard InChI is InChI=1S/C15H30N4OS.HI/c1-11(2)13(20)19-8-7-12(9-19)18-14(16-5)17-10-15(3,4)21-6;/h11-12H,7-10H2,1-6H3,(H2,16,17,18);1H. The molecule has 22 heavy (non-hydrogen) atoms. The van der Waals surface area contributed by atoms with Crippen LogP contribution in [0.2, 0.25) is 0 Å². The molecule has 0 radical (unpaired) electrons. The van der Waals surface area contributed by atoms with Gasteiger partial charge in [0.15, 0.2) is 5.96 Å². The first kappa shape index (κ1) is 21.8. The Morgan fingerprint density at radius 1 is 1.45 bits per heavy atom. The van der Waals surface area contributed by atoms with E-state index in [1.807, 2.05) is 30.5 Å². The summed E-state index contributed by atoms with van der Waals surface area (Å²) in [6.45, 7) is 10.8. The van der Waals surface area contributed by atoms with Crippen molar-refractivity contribution in [2.24, 2.45) is 10.9 Å². The molecule has 0 aromatic carbocycles. The van der Waals surface area contributed by atoms with E-state index in [0.717, 1.165) is 32.0 Å². The van der Waals surface area contributed by atoms with Crippen molar-refractivity contribution in [3.05, 3.63) is 0 Å². The highest BCUT2D eigenvalue weighted by atomic mass is 127. The molecule has 1 atom stereocenters. The summed E-state index contributed by atoms with van der Waals surface area (Å²) in [4.78, 5) is 18.2. The number of likely N-dealkylation sites (tertiary alicyclic amines) is 1. The van der Waals surface area contributed by atoms with Gasteiger partial charge in [-0.2, -0.15) is 11.8 Å². The highest BCUT2D eigenvalue weighted by Gasteiger charge is 2.28. The highest BCUT2D eigenvalue weighted by molar-refractivity contribution is 14.0. The third kappa shape index (κ3) is 6.93. The van der Waals surface area contributed by atoms with Crippen molar-refractivity contribution >= 4 is 47.6 Å². The Labute approximate surface area is 156 Å². The molecule has 1 saturated heterocycles. The number of halogens is 1. The minimum atomic E-state index is 0. The third-order valence-electron chi connectivity index (χ3n) is 3.79. The molecule has 1 heterocycles. The lowest BCUT2D eigenvalue weighted by molar-refractivity contribution is -0.133. The first-order valence-corrected chi connectivity index (χ1v) is 8.82. The number of carbonyl (C=O) groups is 1. The van der Waals surface area contributed by atoms with Gasteiger partial charge >= 0.3 is 0 Å². The maximum absolute atomic E-state index is 12.0. The average molecular weight is 442 g/mol.